The molecule has 1 heterocycles. The van der Waals surface area contributed by atoms with Crippen molar-refractivity contribution in [3.05, 3.63) is 46.2 Å². The number of nitrogens with two attached hydrogens (primary N) is 1. The zero-order valence-corrected chi connectivity index (χ0v) is 11.8. The Hall–Kier alpha value is -1.69. The molecular weight excluding hydrogens is 285 g/mol. The molecule has 0 atom stereocenters. The first-order valence-corrected chi connectivity index (χ1v) is 6.96. The number of nitrogens with zero attached hydrogens (tertiary/aromatic N) is 1. The highest BCUT2D eigenvalue weighted by Crippen LogP contribution is 2.35. The van der Waals surface area contributed by atoms with Crippen LogP contribution in [-0.4, -0.2) is 13.6 Å². The summed E-state index contributed by atoms with van der Waals surface area (Å²) in [6.07, 6.45) is -3.62. The Kier molecular flexibility index (Phi) is 4.23. The maximum atomic E-state index is 12.8. The molecule has 108 valence electrons. The monoisotopic (exact) mass is 300 g/mol. The number of rotatable bonds is 4. The summed E-state index contributed by atoms with van der Waals surface area (Å²) in [5.74, 6) is 0. The summed E-state index contributed by atoms with van der Waals surface area (Å²) in [6, 6.07) is 8.00. The molecule has 0 unspecified atom stereocenters. The minimum Gasteiger partial charge on any atom is -0.398 e. The summed E-state index contributed by atoms with van der Waals surface area (Å²) in [5.41, 5.74) is 4.88. The highest BCUT2D eigenvalue weighted by Gasteiger charge is 2.33. The Morgan fingerprint density at radius 2 is 2.00 bits per heavy atom. The van der Waals surface area contributed by atoms with E-state index in [-0.39, 0.29) is 5.69 Å². The van der Waals surface area contributed by atoms with Gasteiger partial charge in [0.1, 0.15) is 0 Å². The lowest BCUT2D eigenvalue weighted by Gasteiger charge is -2.21. The molecule has 0 saturated carbocycles. The van der Waals surface area contributed by atoms with E-state index in [1.54, 1.807) is 29.4 Å². The maximum absolute atomic E-state index is 12.8. The van der Waals surface area contributed by atoms with Gasteiger partial charge >= 0.3 is 6.18 Å². The molecule has 0 aliphatic rings. The number of likely N-dealkylation sites (N-methyl/N-ethyl adjacent to an activating group) is 1. The van der Waals surface area contributed by atoms with Crippen LogP contribution >= 0.6 is 11.3 Å². The van der Waals surface area contributed by atoms with E-state index in [0.29, 0.717) is 12.2 Å². The lowest BCUT2D eigenvalue weighted by atomic mass is 10.1. The van der Waals surface area contributed by atoms with E-state index >= 15 is 0 Å². The van der Waals surface area contributed by atoms with Gasteiger partial charge in [-0.1, -0.05) is 6.07 Å². The van der Waals surface area contributed by atoms with Crippen molar-refractivity contribution in [2.45, 2.75) is 12.6 Å². The van der Waals surface area contributed by atoms with E-state index in [0.717, 1.165) is 12.5 Å². The highest BCUT2D eigenvalue weighted by atomic mass is 32.1. The molecule has 2 aromatic rings. The standard InChI is InChI=1S/C14H15F3N2S/c1-19(7-6-11-3-2-8-20-11)10-4-5-13(18)12(9-10)14(15,16)17/h2-5,8-9H,6-7,18H2,1H3. The van der Waals surface area contributed by atoms with Crippen LogP contribution in [-0.2, 0) is 12.6 Å². The first kappa shape index (κ1) is 14.7. The predicted octanol–water partition coefficient (Wildman–Crippen LogP) is 4.03. The first-order chi connectivity index (χ1) is 9.38. The molecule has 0 radical (unpaired) electrons. The van der Waals surface area contributed by atoms with Gasteiger partial charge in [-0.3, -0.25) is 0 Å². The number of hydrogen-bond donors (Lipinski definition) is 1. The summed E-state index contributed by atoms with van der Waals surface area (Å²) in [7, 11) is 1.78. The highest BCUT2D eigenvalue weighted by molar-refractivity contribution is 7.09. The van der Waals surface area contributed by atoms with Crippen LogP contribution in [0.25, 0.3) is 0 Å². The minimum absolute atomic E-state index is 0.243. The molecule has 2 N–H and O–H groups in total. The smallest absolute Gasteiger partial charge is 0.398 e. The summed E-state index contributed by atoms with van der Waals surface area (Å²) in [6.45, 7) is 0.654. The lowest BCUT2D eigenvalue weighted by molar-refractivity contribution is -0.136. The van der Waals surface area contributed by atoms with Crippen LogP contribution in [0.5, 0.6) is 0 Å². The van der Waals surface area contributed by atoms with Crippen molar-refractivity contribution >= 4 is 22.7 Å². The van der Waals surface area contributed by atoms with Crippen LogP contribution in [0, 0.1) is 0 Å². The molecule has 20 heavy (non-hydrogen) atoms. The summed E-state index contributed by atoms with van der Waals surface area (Å²) >= 11 is 1.64. The van der Waals surface area contributed by atoms with Crippen molar-refractivity contribution in [1.29, 1.82) is 0 Å². The van der Waals surface area contributed by atoms with Crippen molar-refractivity contribution in [2.24, 2.45) is 0 Å². The molecule has 1 aromatic carbocycles. The third-order valence-electron chi connectivity index (χ3n) is 3.06. The second-order valence-electron chi connectivity index (χ2n) is 4.52. The average Bonchev–Trinajstić information content (AvgIpc) is 2.88. The molecule has 0 aliphatic carbocycles. The Bertz CT molecular complexity index is 564. The fourth-order valence-electron chi connectivity index (χ4n) is 1.89. The Labute approximate surface area is 119 Å². The number of alkyl halides is 3. The van der Waals surface area contributed by atoms with Gasteiger partial charge in [0.2, 0.25) is 0 Å². The van der Waals surface area contributed by atoms with Crippen LogP contribution in [0.3, 0.4) is 0 Å². The largest absolute Gasteiger partial charge is 0.418 e. The number of hydrogen-bond acceptors (Lipinski definition) is 3. The van der Waals surface area contributed by atoms with Gasteiger partial charge in [-0.25, -0.2) is 0 Å². The van der Waals surface area contributed by atoms with Crippen molar-refractivity contribution in [3.8, 4) is 0 Å². The van der Waals surface area contributed by atoms with Crippen molar-refractivity contribution in [1.82, 2.24) is 0 Å². The molecule has 2 rings (SSSR count). The molecule has 0 bridgehead atoms. The van der Waals surface area contributed by atoms with E-state index in [1.807, 2.05) is 17.5 Å². The molecule has 1 aromatic heterocycles. The van der Waals surface area contributed by atoms with Crippen molar-refractivity contribution in [2.75, 3.05) is 24.2 Å². The summed E-state index contributed by atoms with van der Waals surface area (Å²) < 4.78 is 38.4. The number of halogens is 3. The van der Waals surface area contributed by atoms with E-state index in [4.69, 9.17) is 5.73 Å². The third-order valence-corrected chi connectivity index (χ3v) is 3.99. The second-order valence-corrected chi connectivity index (χ2v) is 5.55. The summed E-state index contributed by atoms with van der Waals surface area (Å²) in [5, 5.41) is 1.99. The normalized spacial score (nSPS) is 11.6. The Balaban J connectivity index is 2.12. The Morgan fingerprint density at radius 1 is 1.25 bits per heavy atom. The zero-order valence-electron chi connectivity index (χ0n) is 10.9. The number of anilines is 2. The number of nitrogen functional groups attached to an aromatic ring is 1. The quantitative estimate of drug-likeness (QED) is 0.864. The van der Waals surface area contributed by atoms with Crippen molar-refractivity contribution < 1.29 is 13.2 Å². The van der Waals surface area contributed by atoms with Gasteiger partial charge in [0.05, 0.1) is 5.56 Å². The SMILES string of the molecule is CN(CCc1cccs1)c1ccc(N)c(C(F)(F)F)c1. The maximum Gasteiger partial charge on any atom is 0.418 e. The van der Waals surface area contributed by atoms with Crippen LogP contribution in [0.15, 0.2) is 35.7 Å². The van der Waals surface area contributed by atoms with Crippen molar-refractivity contribution in [3.63, 3.8) is 0 Å². The fraction of sp³-hybridized carbons (Fsp3) is 0.286. The molecule has 6 heteroatoms. The second kappa shape index (κ2) is 5.75. The van der Waals surface area contributed by atoms with Gasteiger partial charge in [0.15, 0.2) is 0 Å². The van der Waals surface area contributed by atoms with Crippen LogP contribution in [0.2, 0.25) is 0 Å². The van der Waals surface area contributed by atoms with E-state index in [9.17, 15) is 13.2 Å². The number of benzene rings is 1. The van der Waals surface area contributed by atoms with Gasteiger partial charge in [0, 0.05) is 29.8 Å². The van der Waals surface area contributed by atoms with Gasteiger partial charge < -0.3 is 10.6 Å². The minimum atomic E-state index is -4.42. The molecule has 0 fully saturated rings. The lowest BCUT2D eigenvalue weighted by Crippen LogP contribution is -2.21. The molecule has 0 spiro atoms. The first-order valence-electron chi connectivity index (χ1n) is 6.08. The van der Waals surface area contributed by atoms with Gasteiger partial charge in [-0.2, -0.15) is 13.2 Å². The average molecular weight is 300 g/mol. The zero-order chi connectivity index (χ0) is 14.8. The van der Waals surface area contributed by atoms with Gasteiger partial charge in [-0.15, -0.1) is 11.3 Å². The number of thiophene rings is 1. The van der Waals surface area contributed by atoms with E-state index in [1.165, 1.54) is 10.9 Å². The molecule has 0 aliphatic heterocycles. The molecule has 2 nitrogen and oxygen atoms in total. The third kappa shape index (κ3) is 3.45. The van der Waals surface area contributed by atoms with Crippen LogP contribution < -0.4 is 10.6 Å². The Morgan fingerprint density at radius 3 is 2.60 bits per heavy atom. The van der Waals surface area contributed by atoms with Gasteiger partial charge in [-0.05, 0) is 36.1 Å². The molecule has 0 amide bonds. The topological polar surface area (TPSA) is 29.3 Å². The van der Waals surface area contributed by atoms with E-state index in [2.05, 4.69) is 0 Å². The molecule has 0 saturated heterocycles. The van der Waals surface area contributed by atoms with Crippen LogP contribution in [0.1, 0.15) is 10.4 Å². The molecular formula is C14H15F3N2S. The van der Waals surface area contributed by atoms with Gasteiger partial charge in [0.25, 0.3) is 0 Å². The van der Waals surface area contributed by atoms with Crippen LogP contribution in [0.4, 0.5) is 24.5 Å². The van der Waals surface area contributed by atoms with E-state index < -0.39 is 11.7 Å². The predicted molar refractivity (Wildman–Crippen MR) is 77.1 cm³/mol. The summed E-state index contributed by atoms with van der Waals surface area (Å²) in [4.78, 5) is 3.01. The fourth-order valence-corrected chi connectivity index (χ4v) is 2.59.